The Morgan fingerprint density at radius 1 is 0.451 bits per heavy atom. The van der Waals surface area contributed by atoms with Crippen LogP contribution in [0.1, 0.15) is 0 Å². The number of fused-ring (bicyclic) bond motifs is 10. The normalized spacial score (nSPS) is 11.9. The van der Waals surface area contributed by atoms with Crippen molar-refractivity contribution in [2.24, 2.45) is 0 Å². The molecule has 11 rings (SSSR count). The van der Waals surface area contributed by atoms with E-state index in [0.717, 1.165) is 76.3 Å². The van der Waals surface area contributed by atoms with Gasteiger partial charge in [-0.25, -0.2) is 9.97 Å². The summed E-state index contributed by atoms with van der Waals surface area (Å²) in [5.41, 5.74) is 7.52. The molecule has 51 heavy (non-hydrogen) atoms. The van der Waals surface area contributed by atoms with Crippen molar-refractivity contribution in [1.29, 1.82) is 0 Å². The van der Waals surface area contributed by atoms with Gasteiger partial charge < -0.3 is 4.42 Å². The van der Waals surface area contributed by atoms with Gasteiger partial charge in [0.2, 0.25) is 5.95 Å². The minimum atomic E-state index is 0.573. The fraction of sp³-hybridized carbons (Fsp3) is 0. The van der Waals surface area contributed by atoms with E-state index in [-0.39, 0.29) is 0 Å². The van der Waals surface area contributed by atoms with Crippen LogP contribution in [-0.4, -0.2) is 24.5 Å². The van der Waals surface area contributed by atoms with Crippen LogP contribution in [0.2, 0.25) is 0 Å². The Hall–Kier alpha value is -6.70. The fourth-order valence-corrected chi connectivity index (χ4v) is 8.46. The molecule has 0 bridgehead atoms. The number of hydrogen-bond acceptors (Lipinski definition) is 6. The molecule has 0 radical (unpaired) electrons. The second-order valence-corrected chi connectivity index (χ2v) is 13.7. The van der Waals surface area contributed by atoms with E-state index < -0.39 is 0 Å². The molecule has 0 unspecified atom stereocenters. The van der Waals surface area contributed by atoms with Crippen LogP contribution in [0.3, 0.4) is 0 Å². The summed E-state index contributed by atoms with van der Waals surface area (Å²) in [7, 11) is 0. The third kappa shape index (κ3) is 4.28. The lowest BCUT2D eigenvalue weighted by Crippen LogP contribution is -2.06. The average Bonchev–Trinajstić information content (AvgIpc) is 3.87. The van der Waals surface area contributed by atoms with E-state index in [1.165, 1.54) is 10.1 Å². The summed E-state index contributed by atoms with van der Waals surface area (Å²) in [6, 6.07) is 52.0. The SMILES string of the molecule is c1ccc(-c2nc(-c3ccc(-c4nc5sc6ccccc6c5c5oc6ccccc6c45)cc3)nc(-n3c4ccccc4c4ccccc43)n2)cc1. The summed E-state index contributed by atoms with van der Waals surface area (Å²) >= 11 is 1.70. The number of rotatable bonds is 4. The van der Waals surface area contributed by atoms with Gasteiger partial charge in [0.15, 0.2) is 11.6 Å². The van der Waals surface area contributed by atoms with Crippen LogP contribution in [0.15, 0.2) is 156 Å². The quantitative estimate of drug-likeness (QED) is 0.186. The number of aromatic nitrogens is 5. The zero-order chi connectivity index (χ0) is 33.5. The van der Waals surface area contributed by atoms with Gasteiger partial charge in [-0.3, -0.25) is 4.57 Å². The van der Waals surface area contributed by atoms with Crippen LogP contribution in [0.25, 0.3) is 104 Å². The van der Waals surface area contributed by atoms with Crippen LogP contribution in [0, 0.1) is 0 Å². The van der Waals surface area contributed by atoms with Crippen LogP contribution < -0.4 is 0 Å². The largest absolute Gasteiger partial charge is 0.455 e. The third-order valence-electron chi connectivity index (χ3n) is 9.70. The number of thiophene rings is 1. The summed E-state index contributed by atoms with van der Waals surface area (Å²) in [4.78, 5) is 21.5. The zero-order valence-electron chi connectivity index (χ0n) is 27.0. The van der Waals surface area contributed by atoms with E-state index in [1.54, 1.807) is 11.3 Å². The molecule has 11 aromatic rings. The van der Waals surface area contributed by atoms with Gasteiger partial charge in [0.1, 0.15) is 16.0 Å². The topological polar surface area (TPSA) is 69.6 Å². The monoisotopic (exact) mass is 671 g/mol. The summed E-state index contributed by atoms with van der Waals surface area (Å²) in [6.07, 6.45) is 0. The predicted molar refractivity (Wildman–Crippen MR) is 208 cm³/mol. The van der Waals surface area contributed by atoms with Crippen molar-refractivity contribution >= 4 is 75.4 Å². The van der Waals surface area contributed by atoms with Gasteiger partial charge in [0, 0.05) is 42.9 Å². The molecule has 6 aromatic carbocycles. The molecule has 238 valence electrons. The molecule has 0 N–H and O–H groups in total. The summed E-state index contributed by atoms with van der Waals surface area (Å²) < 4.78 is 9.92. The number of nitrogens with zero attached hydrogens (tertiary/aromatic N) is 5. The van der Waals surface area contributed by atoms with E-state index in [0.29, 0.717) is 17.6 Å². The van der Waals surface area contributed by atoms with E-state index in [4.69, 9.17) is 24.4 Å². The maximum absolute atomic E-state index is 6.59. The Labute approximate surface area is 294 Å². The van der Waals surface area contributed by atoms with Crippen LogP contribution in [0.5, 0.6) is 0 Å². The van der Waals surface area contributed by atoms with Crippen LogP contribution in [0.4, 0.5) is 0 Å². The number of pyridine rings is 1. The highest BCUT2D eigenvalue weighted by Crippen LogP contribution is 2.44. The smallest absolute Gasteiger partial charge is 0.238 e. The lowest BCUT2D eigenvalue weighted by molar-refractivity contribution is 0.673. The standard InChI is InChI=1S/C44H25N5OS/c1-2-12-27(13-3-1)41-46-42(48-44(47-41)49-33-18-8-4-14-29(33)30-15-5-9-19-34(30)49)28-24-22-26(23-25-28)39-37-31-16-6-10-20-35(31)50-40(37)38-32-17-7-11-21-36(32)51-43(38)45-39/h1-25H. The number of benzene rings is 6. The van der Waals surface area contributed by atoms with Gasteiger partial charge in [-0.15, -0.1) is 11.3 Å². The highest BCUT2D eigenvalue weighted by atomic mass is 32.1. The lowest BCUT2D eigenvalue weighted by Gasteiger charge is -2.11. The molecule has 6 nitrogen and oxygen atoms in total. The Balaban J connectivity index is 1.11. The van der Waals surface area contributed by atoms with Crippen molar-refractivity contribution in [3.05, 3.63) is 152 Å². The molecule has 0 atom stereocenters. The molecular weight excluding hydrogens is 647 g/mol. The molecule has 0 aliphatic carbocycles. The van der Waals surface area contributed by atoms with Crippen molar-refractivity contribution < 1.29 is 4.42 Å². The first-order valence-electron chi connectivity index (χ1n) is 16.8. The first-order valence-corrected chi connectivity index (χ1v) is 17.6. The fourth-order valence-electron chi connectivity index (χ4n) is 7.38. The molecule has 0 saturated heterocycles. The van der Waals surface area contributed by atoms with Crippen molar-refractivity contribution in [2.45, 2.75) is 0 Å². The zero-order valence-corrected chi connectivity index (χ0v) is 27.8. The molecule has 5 aromatic heterocycles. The van der Waals surface area contributed by atoms with Crippen molar-refractivity contribution in [2.75, 3.05) is 0 Å². The molecule has 0 spiro atoms. The van der Waals surface area contributed by atoms with E-state index in [2.05, 4.69) is 114 Å². The predicted octanol–water partition coefficient (Wildman–Crippen LogP) is 11.6. The molecule has 0 aliphatic rings. The average molecular weight is 672 g/mol. The molecule has 0 fully saturated rings. The van der Waals surface area contributed by atoms with Crippen LogP contribution >= 0.6 is 11.3 Å². The third-order valence-corrected chi connectivity index (χ3v) is 10.8. The molecular formula is C44H25N5OS. The van der Waals surface area contributed by atoms with Gasteiger partial charge in [-0.05, 0) is 24.3 Å². The van der Waals surface area contributed by atoms with E-state index in [1.807, 2.05) is 42.5 Å². The maximum atomic E-state index is 6.59. The molecule has 7 heteroatoms. The Bertz CT molecular complexity index is 3090. The maximum Gasteiger partial charge on any atom is 0.238 e. The Morgan fingerprint density at radius 3 is 1.75 bits per heavy atom. The number of para-hydroxylation sites is 3. The van der Waals surface area contributed by atoms with Crippen molar-refractivity contribution in [1.82, 2.24) is 24.5 Å². The summed E-state index contributed by atoms with van der Waals surface area (Å²) in [5, 5.41) is 6.62. The minimum absolute atomic E-state index is 0.573. The van der Waals surface area contributed by atoms with Crippen molar-refractivity contribution in [3.8, 4) is 40.0 Å². The summed E-state index contributed by atoms with van der Waals surface area (Å²) in [5.74, 6) is 1.79. The first kappa shape index (κ1) is 28.2. The van der Waals surface area contributed by atoms with Crippen molar-refractivity contribution in [3.63, 3.8) is 0 Å². The van der Waals surface area contributed by atoms with E-state index >= 15 is 0 Å². The minimum Gasteiger partial charge on any atom is -0.455 e. The number of furan rings is 1. The van der Waals surface area contributed by atoms with Gasteiger partial charge in [-0.1, -0.05) is 127 Å². The van der Waals surface area contributed by atoms with Gasteiger partial charge >= 0.3 is 0 Å². The van der Waals surface area contributed by atoms with Crippen LogP contribution in [-0.2, 0) is 0 Å². The molecule has 0 saturated carbocycles. The second-order valence-electron chi connectivity index (χ2n) is 12.6. The Kier molecular flexibility index (Phi) is 6.02. The molecule has 0 amide bonds. The molecule has 0 aliphatic heterocycles. The first-order chi connectivity index (χ1) is 25.3. The highest BCUT2D eigenvalue weighted by Gasteiger charge is 2.22. The van der Waals surface area contributed by atoms with Gasteiger partial charge in [-0.2, -0.15) is 9.97 Å². The van der Waals surface area contributed by atoms with Gasteiger partial charge in [0.25, 0.3) is 0 Å². The Morgan fingerprint density at radius 2 is 1.02 bits per heavy atom. The lowest BCUT2D eigenvalue weighted by atomic mass is 10.0. The van der Waals surface area contributed by atoms with E-state index in [9.17, 15) is 0 Å². The highest BCUT2D eigenvalue weighted by molar-refractivity contribution is 7.25. The molecule has 5 heterocycles. The number of hydrogen-bond donors (Lipinski definition) is 0. The van der Waals surface area contributed by atoms with Gasteiger partial charge in [0.05, 0.1) is 27.5 Å². The summed E-state index contributed by atoms with van der Waals surface area (Å²) in [6.45, 7) is 0. The second kappa shape index (κ2) is 10.9.